The van der Waals surface area contributed by atoms with Crippen molar-refractivity contribution >= 4 is 21.6 Å². The Morgan fingerprint density at radius 2 is 1.73 bits per heavy atom. The van der Waals surface area contributed by atoms with Gasteiger partial charge in [-0.3, -0.25) is 9.48 Å². The number of aryl methyl sites for hydroxylation is 2. The minimum absolute atomic E-state index is 0.0780. The Hall–Kier alpha value is -2.97. The van der Waals surface area contributed by atoms with E-state index in [0.29, 0.717) is 38.2 Å². The average Bonchev–Trinajstić information content (AvgIpc) is 3.36. The molecule has 8 heteroatoms. The van der Waals surface area contributed by atoms with Crippen LogP contribution in [-0.2, 0) is 23.0 Å². The highest BCUT2D eigenvalue weighted by Crippen LogP contribution is 2.32. The molecule has 2 aromatic carbocycles. The van der Waals surface area contributed by atoms with Crippen LogP contribution in [0.4, 0.5) is 5.69 Å². The van der Waals surface area contributed by atoms with Crippen molar-refractivity contribution < 1.29 is 13.2 Å². The van der Waals surface area contributed by atoms with Gasteiger partial charge in [-0.2, -0.15) is 9.40 Å². The highest BCUT2D eigenvalue weighted by Gasteiger charge is 2.29. The maximum absolute atomic E-state index is 13.2. The van der Waals surface area contributed by atoms with Crippen molar-refractivity contribution in [2.24, 2.45) is 0 Å². The van der Waals surface area contributed by atoms with Crippen LogP contribution in [0.3, 0.4) is 0 Å². The van der Waals surface area contributed by atoms with Crippen molar-refractivity contribution in [1.29, 1.82) is 0 Å². The summed E-state index contributed by atoms with van der Waals surface area (Å²) in [6.45, 7) is 9.71. The predicted octanol–water partition coefficient (Wildman–Crippen LogP) is 3.78. The summed E-state index contributed by atoms with van der Waals surface area (Å²) in [6.07, 6.45) is 0.638. The monoisotopic (exact) mass is 466 g/mol. The molecule has 0 spiro atoms. The first-order valence-electron chi connectivity index (χ1n) is 11.3. The van der Waals surface area contributed by atoms with E-state index < -0.39 is 10.0 Å². The maximum Gasteiger partial charge on any atom is 0.258 e. The number of fused-ring (bicyclic) bond motifs is 1. The van der Waals surface area contributed by atoms with Crippen LogP contribution < -0.4 is 4.90 Å². The zero-order chi connectivity index (χ0) is 23.8. The molecule has 1 aromatic heterocycles. The summed E-state index contributed by atoms with van der Waals surface area (Å²) in [5.74, 6) is -0.0780. The lowest BCUT2D eigenvalue weighted by molar-refractivity contribution is 0.0989. The SMILES string of the molecule is CCN(CC)S(=O)(=O)c1ccc2c(c1)CCN2C(=O)c1ccc(Cn2nc(C)cc2C)cc1. The third-order valence-corrected chi connectivity index (χ3v) is 8.22. The van der Waals surface area contributed by atoms with Crippen LogP contribution in [0.25, 0.3) is 0 Å². The lowest BCUT2D eigenvalue weighted by Gasteiger charge is -2.20. The van der Waals surface area contributed by atoms with E-state index in [1.807, 2.05) is 62.7 Å². The minimum Gasteiger partial charge on any atom is -0.308 e. The maximum atomic E-state index is 13.2. The molecule has 3 aromatic rings. The van der Waals surface area contributed by atoms with E-state index in [2.05, 4.69) is 5.10 Å². The fraction of sp³-hybridized carbons (Fsp3) is 0.360. The van der Waals surface area contributed by atoms with Gasteiger partial charge in [0, 0.05) is 36.6 Å². The quantitative estimate of drug-likeness (QED) is 0.531. The lowest BCUT2D eigenvalue weighted by atomic mass is 10.1. The van der Waals surface area contributed by atoms with Crippen molar-refractivity contribution in [3.8, 4) is 0 Å². The second-order valence-corrected chi connectivity index (χ2v) is 10.3. The zero-order valence-electron chi connectivity index (χ0n) is 19.6. The number of hydrogen-bond acceptors (Lipinski definition) is 4. The summed E-state index contributed by atoms with van der Waals surface area (Å²) in [5, 5.41) is 4.49. The number of hydrogen-bond donors (Lipinski definition) is 0. The van der Waals surface area contributed by atoms with Gasteiger partial charge in [0.2, 0.25) is 10.0 Å². The van der Waals surface area contributed by atoms with Crippen LogP contribution in [0.1, 0.15) is 46.7 Å². The van der Waals surface area contributed by atoms with Crippen LogP contribution in [0.2, 0.25) is 0 Å². The molecule has 0 bridgehead atoms. The molecule has 0 aliphatic carbocycles. The highest BCUT2D eigenvalue weighted by molar-refractivity contribution is 7.89. The van der Waals surface area contributed by atoms with Crippen molar-refractivity contribution in [3.05, 3.63) is 76.6 Å². The third kappa shape index (κ3) is 4.45. The molecule has 7 nitrogen and oxygen atoms in total. The van der Waals surface area contributed by atoms with E-state index in [-0.39, 0.29) is 10.8 Å². The normalized spacial score (nSPS) is 13.5. The third-order valence-electron chi connectivity index (χ3n) is 6.17. The summed E-state index contributed by atoms with van der Waals surface area (Å²) in [4.78, 5) is 15.2. The van der Waals surface area contributed by atoms with Gasteiger partial charge in [-0.05, 0) is 67.8 Å². The number of rotatable bonds is 7. The molecule has 0 atom stereocenters. The Labute approximate surface area is 195 Å². The number of anilines is 1. The fourth-order valence-corrected chi connectivity index (χ4v) is 5.89. The van der Waals surface area contributed by atoms with E-state index in [4.69, 9.17) is 0 Å². The summed E-state index contributed by atoms with van der Waals surface area (Å²) in [5.41, 5.74) is 5.44. The Kier molecular flexibility index (Phi) is 6.41. The lowest BCUT2D eigenvalue weighted by Crippen LogP contribution is -2.30. The topological polar surface area (TPSA) is 75.5 Å². The molecule has 0 N–H and O–H groups in total. The predicted molar refractivity (Wildman–Crippen MR) is 129 cm³/mol. The minimum atomic E-state index is -3.52. The van der Waals surface area contributed by atoms with Crippen molar-refractivity contribution in [2.75, 3.05) is 24.5 Å². The molecule has 0 unspecified atom stereocenters. The van der Waals surface area contributed by atoms with E-state index in [1.54, 1.807) is 23.1 Å². The number of sulfonamides is 1. The summed E-state index contributed by atoms with van der Waals surface area (Å²) in [6, 6.07) is 14.7. The fourth-order valence-electron chi connectivity index (χ4n) is 4.38. The largest absolute Gasteiger partial charge is 0.308 e. The molecule has 2 heterocycles. The Bertz CT molecular complexity index is 1280. The summed E-state index contributed by atoms with van der Waals surface area (Å²) in [7, 11) is -3.52. The van der Waals surface area contributed by atoms with Crippen molar-refractivity contribution in [1.82, 2.24) is 14.1 Å². The number of amides is 1. The molecule has 174 valence electrons. The van der Waals surface area contributed by atoms with E-state index in [0.717, 1.165) is 28.2 Å². The van der Waals surface area contributed by atoms with Gasteiger partial charge in [0.1, 0.15) is 0 Å². The number of aromatic nitrogens is 2. The first kappa shape index (κ1) is 23.2. The second kappa shape index (κ2) is 9.11. The van der Waals surface area contributed by atoms with E-state index in [9.17, 15) is 13.2 Å². The molecule has 0 radical (unpaired) electrons. The molecule has 0 saturated carbocycles. The first-order valence-corrected chi connectivity index (χ1v) is 12.7. The molecule has 33 heavy (non-hydrogen) atoms. The van der Waals surface area contributed by atoms with Crippen LogP contribution in [0.5, 0.6) is 0 Å². The van der Waals surface area contributed by atoms with Gasteiger partial charge in [0.15, 0.2) is 0 Å². The van der Waals surface area contributed by atoms with Gasteiger partial charge in [0.05, 0.1) is 17.1 Å². The smallest absolute Gasteiger partial charge is 0.258 e. The van der Waals surface area contributed by atoms with Crippen LogP contribution >= 0.6 is 0 Å². The average molecular weight is 467 g/mol. The van der Waals surface area contributed by atoms with E-state index >= 15 is 0 Å². The molecule has 1 amide bonds. The van der Waals surface area contributed by atoms with Crippen molar-refractivity contribution in [3.63, 3.8) is 0 Å². The number of carbonyl (C=O) groups excluding carboxylic acids is 1. The van der Waals surface area contributed by atoms with Gasteiger partial charge in [-0.25, -0.2) is 8.42 Å². The van der Waals surface area contributed by atoms with Crippen LogP contribution in [0.15, 0.2) is 53.4 Å². The zero-order valence-corrected chi connectivity index (χ0v) is 20.4. The second-order valence-electron chi connectivity index (χ2n) is 8.37. The van der Waals surface area contributed by atoms with Gasteiger partial charge in [0.25, 0.3) is 5.91 Å². The first-order chi connectivity index (χ1) is 15.7. The Morgan fingerprint density at radius 1 is 1.03 bits per heavy atom. The Balaban J connectivity index is 1.52. The molecule has 0 fully saturated rings. The highest BCUT2D eigenvalue weighted by atomic mass is 32.2. The van der Waals surface area contributed by atoms with Gasteiger partial charge < -0.3 is 4.90 Å². The summed E-state index contributed by atoms with van der Waals surface area (Å²) >= 11 is 0. The van der Waals surface area contributed by atoms with Gasteiger partial charge in [-0.1, -0.05) is 26.0 Å². The van der Waals surface area contributed by atoms with Crippen LogP contribution in [-0.4, -0.2) is 48.0 Å². The molecule has 4 rings (SSSR count). The van der Waals surface area contributed by atoms with Gasteiger partial charge in [-0.15, -0.1) is 0 Å². The van der Waals surface area contributed by atoms with Crippen molar-refractivity contribution in [2.45, 2.75) is 45.6 Å². The van der Waals surface area contributed by atoms with Crippen LogP contribution in [0, 0.1) is 13.8 Å². The Morgan fingerprint density at radius 3 is 2.33 bits per heavy atom. The summed E-state index contributed by atoms with van der Waals surface area (Å²) < 4.78 is 29.1. The number of carbonyl (C=O) groups is 1. The number of nitrogens with zero attached hydrogens (tertiary/aromatic N) is 4. The number of benzene rings is 2. The van der Waals surface area contributed by atoms with Gasteiger partial charge >= 0.3 is 0 Å². The molecule has 1 aliphatic rings. The molecular weight excluding hydrogens is 436 g/mol. The molecular formula is C25H30N4O3S. The molecule has 0 saturated heterocycles. The van der Waals surface area contributed by atoms with E-state index in [1.165, 1.54) is 4.31 Å². The standard InChI is InChI=1S/C25H30N4O3S/c1-5-27(6-2)33(31,32)23-11-12-24-22(16-23)13-14-28(24)25(30)21-9-7-20(8-10-21)17-29-19(4)15-18(3)26-29/h7-12,15-16H,5-6,13-14,17H2,1-4H3. The molecule has 1 aliphatic heterocycles.